The minimum Gasteiger partial charge on any atom is -0.281 e. The summed E-state index contributed by atoms with van der Waals surface area (Å²) in [7, 11) is 0. The zero-order valence-electron chi connectivity index (χ0n) is 7.69. The van der Waals surface area contributed by atoms with Crippen LogP contribution in [0.3, 0.4) is 0 Å². The van der Waals surface area contributed by atoms with E-state index in [4.69, 9.17) is 11.6 Å². The van der Waals surface area contributed by atoms with Gasteiger partial charge in [-0.1, -0.05) is 26.7 Å². The first-order valence-corrected chi connectivity index (χ1v) is 5.09. The zero-order valence-corrected chi connectivity index (χ0v) is 8.45. The molecule has 2 heteroatoms. The number of hydrogen-bond donors (Lipinski definition) is 0. The fraction of sp³-hybridized carbons (Fsp3) is 0.900. The molecule has 1 spiro atoms. The standard InChI is InChI=1S/C10H15ClO/c1-9(2)7(8(11)12)10(9)5-3-4-6-10/h7H,3-6H2,1-2H3. The lowest BCUT2D eigenvalue weighted by molar-refractivity contribution is -0.113. The van der Waals surface area contributed by atoms with Gasteiger partial charge in [-0.2, -0.15) is 0 Å². The monoisotopic (exact) mass is 186 g/mol. The first-order chi connectivity index (χ1) is 5.52. The molecule has 0 heterocycles. The molecule has 0 amide bonds. The molecule has 12 heavy (non-hydrogen) atoms. The first-order valence-electron chi connectivity index (χ1n) is 4.72. The summed E-state index contributed by atoms with van der Waals surface area (Å²) in [6, 6.07) is 0. The molecule has 0 N–H and O–H groups in total. The fourth-order valence-electron chi connectivity index (χ4n) is 3.38. The predicted molar refractivity (Wildman–Crippen MR) is 49.0 cm³/mol. The Morgan fingerprint density at radius 1 is 1.33 bits per heavy atom. The largest absolute Gasteiger partial charge is 0.281 e. The lowest BCUT2D eigenvalue weighted by Crippen LogP contribution is -2.02. The van der Waals surface area contributed by atoms with Crippen LogP contribution >= 0.6 is 11.6 Å². The highest BCUT2D eigenvalue weighted by atomic mass is 35.5. The minimum absolute atomic E-state index is 0.109. The van der Waals surface area contributed by atoms with E-state index in [1.165, 1.54) is 25.7 Å². The lowest BCUT2D eigenvalue weighted by Gasteiger charge is -2.10. The Labute approximate surface area is 78.5 Å². The van der Waals surface area contributed by atoms with Crippen molar-refractivity contribution >= 4 is 16.8 Å². The molecule has 2 aliphatic carbocycles. The summed E-state index contributed by atoms with van der Waals surface area (Å²) in [4.78, 5) is 11.1. The van der Waals surface area contributed by atoms with Gasteiger partial charge in [0, 0.05) is 5.92 Å². The molecule has 0 aromatic rings. The van der Waals surface area contributed by atoms with E-state index in [-0.39, 0.29) is 16.6 Å². The maximum absolute atomic E-state index is 11.1. The van der Waals surface area contributed by atoms with Crippen molar-refractivity contribution in [2.24, 2.45) is 16.7 Å². The van der Waals surface area contributed by atoms with E-state index in [1.807, 2.05) is 0 Å². The van der Waals surface area contributed by atoms with Crippen molar-refractivity contribution in [2.45, 2.75) is 39.5 Å². The molecule has 0 radical (unpaired) electrons. The van der Waals surface area contributed by atoms with Gasteiger partial charge in [-0.05, 0) is 35.3 Å². The average molecular weight is 187 g/mol. The van der Waals surface area contributed by atoms with E-state index < -0.39 is 0 Å². The zero-order chi connectivity index (χ0) is 8.98. The number of hydrogen-bond acceptors (Lipinski definition) is 1. The summed E-state index contributed by atoms with van der Waals surface area (Å²) >= 11 is 5.59. The van der Waals surface area contributed by atoms with Crippen LogP contribution < -0.4 is 0 Å². The van der Waals surface area contributed by atoms with E-state index >= 15 is 0 Å². The number of rotatable bonds is 1. The molecule has 1 nitrogen and oxygen atoms in total. The highest BCUT2D eigenvalue weighted by molar-refractivity contribution is 6.64. The van der Waals surface area contributed by atoms with Gasteiger partial charge in [0.25, 0.3) is 0 Å². The van der Waals surface area contributed by atoms with E-state index in [2.05, 4.69) is 13.8 Å². The Kier molecular flexibility index (Phi) is 1.61. The third-order valence-electron chi connectivity index (χ3n) is 4.20. The molecule has 0 aromatic carbocycles. The van der Waals surface area contributed by atoms with Crippen LogP contribution in [0.5, 0.6) is 0 Å². The third kappa shape index (κ3) is 0.783. The van der Waals surface area contributed by atoms with Crippen molar-refractivity contribution in [1.29, 1.82) is 0 Å². The molecule has 1 atom stereocenters. The minimum atomic E-state index is -0.109. The van der Waals surface area contributed by atoms with Crippen molar-refractivity contribution in [3.05, 3.63) is 0 Å². The molecular formula is C10H15ClO. The summed E-state index contributed by atoms with van der Waals surface area (Å²) in [5.41, 5.74) is 0.480. The van der Waals surface area contributed by atoms with Crippen molar-refractivity contribution in [3.63, 3.8) is 0 Å². The maximum Gasteiger partial charge on any atom is 0.225 e. The third-order valence-corrected chi connectivity index (χ3v) is 4.42. The number of halogens is 1. The molecule has 0 aliphatic heterocycles. The summed E-state index contributed by atoms with van der Waals surface area (Å²) < 4.78 is 0. The van der Waals surface area contributed by atoms with Crippen LogP contribution in [0.4, 0.5) is 0 Å². The SMILES string of the molecule is CC1(C)C(C(=O)Cl)C12CCCC2. The lowest BCUT2D eigenvalue weighted by atomic mass is 9.94. The highest BCUT2D eigenvalue weighted by Crippen LogP contribution is 2.76. The van der Waals surface area contributed by atoms with Gasteiger partial charge in [0.1, 0.15) is 0 Å². The molecular weight excluding hydrogens is 172 g/mol. The van der Waals surface area contributed by atoms with Crippen molar-refractivity contribution in [3.8, 4) is 0 Å². The number of carbonyl (C=O) groups is 1. The quantitative estimate of drug-likeness (QED) is 0.576. The molecule has 0 bridgehead atoms. The predicted octanol–water partition coefficient (Wildman–Crippen LogP) is 2.97. The van der Waals surface area contributed by atoms with Crippen LogP contribution in [0, 0.1) is 16.7 Å². The second-order valence-electron chi connectivity index (χ2n) is 4.82. The molecule has 2 aliphatic rings. The van der Waals surface area contributed by atoms with Crippen molar-refractivity contribution in [2.75, 3.05) is 0 Å². The summed E-state index contributed by atoms with van der Waals surface area (Å²) in [5, 5.41) is -0.109. The first kappa shape index (κ1) is 8.55. The average Bonchev–Trinajstić information content (AvgIpc) is 2.32. The Morgan fingerprint density at radius 3 is 2.17 bits per heavy atom. The smallest absolute Gasteiger partial charge is 0.225 e. The Bertz CT molecular complexity index is 226. The van der Waals surface area contributed by atoms with E-state index in [0.717, 1.165) is 0 Å². The maximum atomic E-state index is 11.1. The van der Waals surface area contributed by atoms with Crippen molar-refractivity contribution in [1.82, 2.24) is 0 Å². The van der Waals surface area contributed by atoms with Crippen molar-refractivity contribution < 1.29 is 4.79 Å². The van der Waals surface area contributed by atoms with Gasteiger partial charge in [0.05, 0.1) is 0 Å². The number of carbonyl (C=O) groups excluding carboxylic acids is 1. The normalized spacial score (nSPS) is 35.4. The molecule has 0 aromatic heterocycles. The molecule has 68 valence electrons. The molecule has 2 rings (SSSR count). The van der Waals surface area contributed by atoms with Crippen LogP contribution in [-0.2, 0) is 4.79 Å². The highest BCUT2D eigenvalue weighted by Gasteiger charge is 2.73. The van der Waals surface area contributed by atoms with Gasteiger partial charge in [0.2, 0.25) is 5.24 Å². The van der Waals surface area contributed by atoms with E-state index in [9.17, 15) is 4.79 Å². The molecule has 2 saturated carbocycles. The van der Waals surface area contributed by atoms with Gasteiger partial charge in [-0.3, -0.25) is 4.79 Å². The Balaban J connectivity index is 2.24. The van der Waals surface area contributed by atoms with Crippen LogP contribution in [-0.4, -0.2) is 5.24 Å². The summed E-state index contributed by atoms with van der Waals surface area (Å²) in [6.07, 6.45) is 4.99. The Morgan fingerprint density at radius 2 is 1.83 bits per heavy atom. The fourth-order valence-corrected chi connectivity index (χ4v) is 3.86. The second-order valence-corrected chi connectivity index (χ2v) is 5.19. The van der Waals surface area contributed by atoms with Crippen LogP contribution in [0.1, 0.15) is 39.5 Å². The van der Waals surface area contributed by atoms with Gasteiger partial charge >= 0.3 is 0 Å². The van der Waals surface area contributed by atoms with Crippen LogP contribution in [0.25, 0.3) is 0 Å². The van der Waals surface area contributed by atoms with Gasteiger partial charge in [-0.15, -0.1) is 0 Å². The van der Waals surface area contributed by atoms with Gasteiger partial charge in [0.15, 0.2) is 0 Å². The molecule has 2 fully saturated rings. The van der Waals surface area contributed by atoms with E-state index in [0.29, 0.717) is 5.41 Å². The van der Waals surface area contributed by atoms with Crippen LogP contribution in [0.2, 0.25) is 0 Å². The topological polar surface area (TPSA) is 17.1 Å². The second kappa shape index (κ2) is 2.25. The Hall–Kier alpha value is -0.0400. The molecule has 0 saturated heterocycles. The summed E-state index contributed by atoms with van der Waals surface area (Å²) in [5.74, 6) is 0.147. The van der Waals surface area contributed by atoms with Gasteiger partial charge < -0.3 is 0 Å². The molecule has 1 unspecified atom stereocenters. The van der Waals surface area contributed by atoms with Crippen LogP contribution in [0.15, 0.2) is 0 Å². The van der Waals surface area contributed by atoms with E-state index in [1.54, 1.807) is 0 Å². The summed E-state index contributed by atoms with van der Waals surface area (Å²) in [6.45, 7) is 4.37. The van der Waals surface area contributed by atoms with Gasteiger partial charge in [-0.25, -0.2) is 0 Å².